The molecule has 1 N–H and O–H groups in total. The van der Waals surface area contributed by atoms with Crippen LogP contribution < -0.4 is 5.32 Å². The number of nitrogens with zero attached hydrogens (tertiary/aromatic N) is 2. The summed E-state index contributed by atoms with van der Waals surface area (Å²) >= 11 is 11.7. The van der Waals surface area contributed by atoms with E-state index in [-0.39, 0.29) is 5.15 Å². The van der Waals surface area contributed by atoms with Crippen LogP contribution in [-0.2, 0) is 0 Å². The van der Waals surface area contributed by atoms with Crippen molar-refractivity contribution >= 4 is 34.7 Å². The molecule has 0 aliphatic carbocycles. The second-order valence-electron chi connectivity index (χ2n) is 3.31. The summed E-state index contributed by atoms with van der Waals surface area (Å²) in [7, 11) is 0. The lowest BCUT2D eigenvalue weighted by Gasteiger charge is -2.06. The summed E-state index contributed by atoms with van der Waals surface area (Å²) in [4.78, 5) is 4.07. The van der Waals surface area contributed by atoms with Crippen molar-refractivity contribution in [3.8, 4) is 6.07 Å². The zero-order valence-corrected chi connectivity index (χ0v) is 10.1. The molecule has 5 heteroatoms. The van der Waals surface area contributed by atoms with E-state index in [1.807, 2.05) is 18.2 Å². The van der Waals surface area contributed by atoms with Crippen molar-refractivity contribution in [3.05, 3.63) is 52.1 Å². The fraction of sp³-hybridized carbons (Fsp3) is 0. The number of benzene rings is 1. The molecule has 2 rings (SSSR count). The monoisotopic (exact) mass is 263 g/mol. The minimum absolute atomic E-state index is 0.272. The lowest BCUT2D eigenvalue weighted by atomic mass is 10.2. The molecular formula is C12H7Cl2N3. The van der Waals surface area contributed by atoms with Gasteiger partial charge in [-0.25, -0.2) is 4.98 Å². The van der Waals surface area contributed by atoms with Crippen molar-refractivity contribution < 1.29 is 0 Å². The van der Waals surface area contributed by atoms with Crippen molar-refractivity contribution in [3.63, 3.8) is 0 Å². The van der Waals surface area contributed by atoms with Crippen LogP contribution in [0.3, 0.4) is 0 Å². The van der Waals surface area contributed by atoms with E-state index in [2.05, 4.69) is 10.3 Å². The molecule has 0 saturated carbocycles. The molecule has 0 saturated heterocycles. The fourth-order valence-electron chi connectivity index (χ4n) is 1.34. The zero-order chi connectivity index (χ0) is 12.3. The van der Waals surface area contributed by atoms with Crippen LogP contribution in [0.4, 0.5) is 11.5 Å². The molecule has 0 radical (unpaired) electrons. The highest BCUT2D eigenvalue weighted by atomic mass is 35.5. The van der Waals surface area contributed by atoms with Crippen molar-refractivity contribution in [1.29, 1.82) is 5.26 Å². The van der Waals surface area contributed by atoms with Gasteiger partial charge in [0.25, 0.3) is 0 Å². The van der Waals surface area contributed by atoms with E-state index < -0.39 is 0 Å². The average molecular weight is 264 g/mol. The summed E-state index contributed by atoms with van der Waals surface area (Å²) in [5.74, 6) is 0.510. The van der Waals surface area contributed by atoms with Gasteiger partial charge in [-0.1, -0.05) is 29.3 Å². The number of rotatable bonds is 2. The van der Waals surface area contributed by atoms with Gasteiger partial charge in [0.2, 0.25) is 0 Å². The molecule has 0 unspecified atom stereocenters. The van der Waals surface area contributed by atoms with E-state index in [0.29, 0.717) is 16.4 Å². The predicted octanol–water partition coefficient (Wildman–Crippen LogP) is 4.00. The van der Waals surface area contributed by atoms with Crippen molar-refractivity contribution in [2.24, 2.45) is 0 Å². The number of nitriles is 1. The molecular weight excluding hydrogens is 257 g/mol. The van der Waals surface area contributed by atoms with E-state index in [1.165, 1.54) is 6.07 Å². The molecule has 1 aromatic heterocycles. The van der Waals surface area contributed by atoms with Crippen LogP contribution in [0, 0.1) is 11.3 Å². The number of anilines is 2. The molecule has 0 aliphatic rings. The van der Waals surface area contributed by atoms with E-state index in [1.54, 1.807) is 18.2 Å². The van der Waals surface area contributed by atoms with Crippen LogP contribution >= 0.6 is 23.2 Å². The Morgan fingerprint density at radius 3 is 2.71 bits per heavy atom. The summed E-state index contributed by atoms with van der Waals surface area (Å²) in [6.45, 7) is 0. The van der Waals surface area contributed by atoms with Crippen LogP contribution in [0.15, 0.2) is 36.4 Å². The number of aromatic nitrogens is 1. The molecule has 17 heavy (non-hydrogen) atoms. The van der Waals surface area contributed by atoms with Gasteiger partial charge in [-0.2, -0.15) is 5.26 Å². The molecule has 0 spiro atoms. The molecule has 0 amide bonds. The highest BCUT2D eigenvalue weighted by molar-refractivity contribution is 6.31. The van der Waals surface area contributed by atoms with E-state index in [9.17, 15) is 0 Å². The molecule has 84 valence electrons. The molecule has 0 atom stereocenters. The van der Waals surface area contributed by atoms with Gasteiger partial charge in [-0.3, -0.25) is 0 Å². The molecule has 0 fully saturated rings. The van der Waals surface area contributed by atoms with Crippen LogP contribution in [-0.4, -0.2) is 4.98 Å². The molecule has 0 bridgehead atoms. The Hall–Kier alpha value is -1.76. The third-order valence-corrected chi connectivity index (χ3v) is 2.45. The lowest BCUT2D eigenvalue weighted by Crippen LogP contribution is -1.94. The summed E-state index contributed by atoms with van der Waals surface area (Å²) in [5, 5.41) is 12.7. The van der Waals surface area contributed by atoms with Crippen LogP contribution in [0.25, 0.3) is 0 Å². The highest BCUT2D eigenvalue weighted by Crippen LogP contribution is 2.21. The maximum absolute atomic E-state index is 8.81. The Bertz CT molecular complexity index is 591. The first-order chi connectivity index (χ1) is 8.17. The quantitative estimate of drug-likeness (QED) is 0.834. The van der Waals surface area contributed by atoms with Gasteiger partial charge in [0.05, 0.1) is 11.6 Å². The van der Waals surface area contributed by atoms with Crippen LogP contribution in [0.1, 0.15) is 5.56 Å². The third kappa shape index (κ3) is 3.10. The highest BCUT2D eigenvalue weighted by Gasteiger charge is 2.01. The molecule has 3 nitrogen and oxygen atoms in total. The maximum atomic E-state index is 8.81. The Morgan fingerprint density at radius 1 is 1.18 bits per heavy atom. The fourth-order valence-corrected chi connectivity index (χ4v) is 1.74. The minimum atomic E-state index is 0.272. The largest absolute Gasteiger partial charge is 0.340 e. The Labute approximate surface area is 109 Å². The third-order valence-electron chi connectivity index (χ3n) is 2.02. The van der Waals surface area contributed by atoms with Crippen molar-refractivity contribution in [2.75, 3.05) is 5.32 Å². The first kappa shape index (κ1) is 11.7. The lowest BCUT2D eigenvalue weighted by molar-refractivity contribution is 1.29. The van der Waals surface area contributed by atoms with E-state index >= 15 is 0 Å². The summed E-state index contributed by atoms with van der Waals surface area (Å²) < 4.78 is 0. The molecule has 1 aromatic carbocycles. The van der Waals surface area contributed by atoms with Crippen LogP contribution in [0.5, 0.6) is 0 Å². The van der Waals surface area contributed by atoms with Gasteiger partial charge in [-0.05, 0) is 30.3 Å². The molecule has 0 aliphatic heterocycles. The number of hydrogen-bond donors (Lipinski definition) is 1. The van der Waals surface area contributed by atoms with Crippen molar-refractivity contribution in [2.45, 2.75) is 0 Å². The Balaban J connectivity index is 2.30. The second-order valence-corrected chi connectivity index (χ2v) is 4.13. The summed E-state index contributed by atoms with van der Waals surface area (Å²) in [5.41, 5.74) is 1.24. The summed E-state index contributed by atoms with van der Waals surface area (Å²) in [6.07, 6.45) is 0. The van der Waals surface area contributed by atoms with Gasteiger partial charge in [0.15, 0.2) is 0 Å². The van der Waals surface area contributed by atoms with Gasteiger partial charge in [0.1, 0.15) is 11.0 Å². The Kier molecular flexibility index (Phi) is 3.48. The standard InChI is InChI=1S/C12H7Cl2N3/c13-9-2-1-3-10(6-9)16-12-5-8(7-15)4-11(14)17-12/h1-6H,(H,16,17). The molecule has 1 heterocycles. The SMILES string of the molecule is N#Cc1cc(Cl)nc(Nc2cccc(Cl)c2)c1. The van der Waals surface area contributed by atoms with E-state index in [0.717, 1.165) is 5.69 Å². The normalized spacial score (nSPS) is 9.71. The number of pyridine rings is 1. The first-order valence-corrected chi connectivity index (χ1v) is 5.53. The van der Waals surface area contributed by atoms with Gasteiger partial charge in [-0.15, -0.1) is 0 Å². The first-order valence-electron chi connectivity index (χ1n) is 4.77. The second kappa shape index (κ2) is 5.05. The topological polar surface area (TPSA) is 48.7 Å². The Morgan fingerprint density at radius 2 is 2.00 bits per heavy atom. The van der Waals surface area contributed by atoms with Crippen molar-refractivity contribution in [1.82, 2.24) is 4.98 Å². The maximum Gasteiger partial charge on any atom is 0.133 e. The summed E-state index contributed by atoms with van der Waals surface area (Å²) in [6, 6.07) is 12.3. The predicted molar refractivity (Wildman–Crippen MR) is 68.7 cm³/mol. The van der Waals surface area contributed by atoms with Crippen LogP contribution in [0.2, 0.25) is 10.2 Å². The van der Waals surface area contributed by atoms with Gasteiger partial charge in [0, 0.05) is 10.7 Å². The number of halogens is 2. The van der Waals surface area contributed by atoms with E-state index in [4.69, 9.17) is 28.5 Å². The smallest absolute Gasteiger partial charge is 0.133 e. The minimum Gasteiger partial charge on any atom is -0.340 e. The number of nitrogens with one attached hydrogen (secondary N) is 1. The van der Waals surface area contributed by atoms with Gasteiger partial charge < -0.3 is 5.32 Å². The van der Waals surface area contributed by atoms with Gasteiger partial charge >= 0.3 is 0 Å². The average Bonchev–Trinajstić information content (AvgIpc) is 2.28. The number of hydrogen-bond acceptors (Lipinski definition) is 3. The zero-order valence-electron chi connectivity index (χ0n) is 8.61. The molecule has 2 aromatic rings.